The van der Waals surface area contributed by atoms with Crippen LogP contribution < -0.4 is 10.5 Å². The van der Waals surface area contributed by atoms with Gasteiger partial charge in [-0.25, -0.2) is 4.79 Å². The number of piperazine rings is 1. The van der Waals surface area contributed by atoms with Gasteiger partial charge < -0.3 is 14.2 Å². The fraction of sp³-hybridized carbons (Fsp3) is 0.238. The number of benzene rings is 2. The number of fused-ring (bicyclic) bond motifs is 1. The van der Waals surface area contributed by atoms with Gasteiger partial charge in [0.25, 0.3) is 5.91 Å². The lowest BCUT2D eigenvalue weighted by Gasteiger charge is -2.32. The van der Waals surface area contributed by atoms with E-state index in [2.05, 4.69) is 6.07 Å². The zero-order valence-electron chi connectivity index (χ0n) is 14.8. The second kappa shape index (κ2) is 7.55. The summed E-state index contributed by atoms with van der Waals surface area (Å²) >= 11 is 6.05. The summed E-state index contributed by atoms with van der Waals surface area (Å²) in [6.45, 7) is 3.76. The van der Waals surface area contributed by atoms with Gasteiger partial charge in [0.1, 0.15) is 17.7 Å². The van der Waals surface area contributed by atoms with Crippen LogP contribution in [0.3, 0.4) is 0 Å². The molecule has 3 aromatic rings. The highest BCUT2D eigenvalue weighted by atomic mass is 35.5. The molecular weight excluding hydrogens is 364 g/mol. The first kappa shape index (κ1) is 17.8. The maximum atomic E-state index is 12.8. The molecule has 27 heavy (non-hydrogen) atoms. The highest BCUT2D eigenvalue weighted by molar-refractivity contribution is 6.30. The van der Waals surface area contributed by atoms with E-state index in [0.717, 1.165) is 30.0 Å². The standard InChI is InChI=1S/C21H19ClN2O3/c22-17-6-3-4-15(12-17)14-23-8-10-24(11-9-23)20(25)18-13-16-5-1-2-7-19(16)27-21(18)26/h1-7,12-13H,8-11,14H2/p+1. The lowest BCUT2D eigenvalue weighted by Crippen LogP contribution is -3.13. The molecule has 5 nitrogen and oxygen atoms in total. The number of amides is 1. The molecule has 1 saturated heterocycles. The molecule has 0 bridgehead atoms. The highest BCUT2D eigenvalue weighted by Crippen LogP contribution is 2.14. The first-order valence-electron chi connectivity index (χ1n) is 9.00. The van der Waals surface area contributed by atoms with Gasteiger partial charge in [-0.05, 0) is 24.3 Å². The van der Waals surface area contributed by atoms with Gasteiger partial charge in [-0.2, -0.15) is 0 Å². The second-order valence-electron chi connectivity index (χ2n) is 6.83. The summed E-state index contributed by atoms with van der Waals surface area (Å²) in [6, 6.07) is 16.7. The molecule has 6 heteroatoms. The minimum atomic E-state index is -0.576. The molecule has 1 amide bonds. The average molecular weight is 384 g/mol. The van der Waals surface area contributed by atoms with E-state index in [1.807, 2.05) is 30.3 Å². The number of hydrogen-bond acceptors (Lipinski definition) is 3. The predicted molar refractivity (Wildman–Crippen MR) is 104 cm³/mol. The van der Waals surface area contributed by atoms with Crippen molar-refractivity contribution in [2.75, 3.05) is 26.2 Å². The lowest BCUT2D eigenvalue weighted by atomic mass is 10.1. The fourth-order valence-corrected chi connectivity index (χ4v) is 3.73. The van der Waals surface area contributed by atoms with Crippen molar-refractivity contribution in [1.29, 1.82) is 0 Å². The Hall–Kier alpha value is -2.63. The molecule has 0 atom stereocenters. The lowest BCUT2D eigenvalue weighted by molar-refractivity contribution is -0.917. The number of quaternary nitrogens is 1. The third-order valence-corrected chi connectivity index (χ3v) is 5.21. The molecule has 1 aliphatic heterocycles. The molecule has 1 fully saturated rings. The van der Waals surface area contributed by atoms with Crippen LogP contribution in [0.2, 0.25) is 5.02 Å². The summed E-state index contributed by atoms with van der Waals surface area (Å²) < 4.78 is 5.30. The zero-order chi connectivity index (χ0) is 18.8. The van der Waals surface area contributed by atoms with E-state index in [1.54, 1.807) is 23.1 Å². The summed E-state index contributed by atoms with van der Waals surface area (Å²) in [4.78, 5) is 28.2. The number of carbonyl (C=O) groups is 1. The zero-order valence-corrected chi connectivity index (χ0v) is 15.5. The number of nitrogens with zero attached hydrogens (tertiary/aromatic N) is 1. The van der Waals surface area contributed by atoms with Crippen LogP contribution in [0, 0.1) is 0 Å². The van der Waals surface area contributed by atoms with Gasteiger partial charge in [-0.1, -0.05) is 41.9 Å². The van der Waals surface area contributed by atoms with Crippen molar-refractivity contribution in [2.24, 2.45) is 0 Å². The van der Waals surface area contributed by atoms with E-state index in [9.17, 15) is 9.59 Å². The largest absolute Gasteiger partial charge is 0.422 e. The van der Waals surface area contributed by atoms with Crippen LogP contribution in [0.1, 0.15) is 15.9 Å². The topological polar surface area (TPSA) is 55.0 Å². The Balaban J connectivity index is 1.44. The van der Waals surface area contributed by atoms with Crippen LogP contribution in [-0.4, -0.2) is 37.0 Å². The Morgan fingerprint density at radius 3 is 2.63 bits per heavy atom. The van der Waals surface area contributed by atoms with E-state index in [4.69, 9.17) is 16.0 Å². The number of carbonyl (C=O) groups excluding carboxylic acids is 1. The molecule has 0 spiro atoms. The third kappa shape index (κ3) is 3.89. The first-order valence-corrected chi connectivity index (χ1v) is 9.38. The SMILES string of the molecule is O=C(c1cc2ccccc2oc1=O)N1CC[NH+](Cc2cccc(Cl)c2)CC1. The molecule has 0 saturated carbocycles. The molecule has 138 valence electrons. The average Bonchev–Trinajstić information content (AvgIpc) is 2.67. The Labute approximate surface area is 161 Å². The molecule has 0 radical (unpaired) electrons. The number of rotatable bonds is 3. The minimum absolute atomic E-state index is 0.104. The van der Waals surface area contributed by atoms with Crippen molar-refractivity contribution in [3.63, 3.8) is 0 Å². The van der Waals surface area contributed by atoms with Crippen molar-refractivity contribution in [3.8, 4) is 0 Å². The molecule has 4 rings (SSSR count). The molecule has 0 aliphatic carbocycles. The number of nitrogens with one attached hydrogen (secondary N) is 1. The van der Waals surface area contributed by atoms with Gasteiger partial charge in [0.2, 0.25) is 0 Å². The van der Waals surface area contributed by atoms with Gasteiger partial charge in [0.15, 0.2) is 0 Å². The van der Waals surface area contributed by atoms with Gasteiger partial charge in [0, 0.05) is 16.0 Å². The van der Waals surface area contributed by atoms with Gasteiger partial charge in [-0.3, -0.25) is 4.79 Å². The van der Waals surface area contributed by atoms with Crippen molar-refractivity contribution in [2.45, 2.75) is 6.54 Å². The van der Waals surface area contributed by atoms with E-state index in [-0.39, 0.29) is 11.5 Å². The predicted octanol–water partition coefficient (Wildman–Crippen LogP) is 1.99. The molecule has 1 aromatic heterocycles. The summed E-state index contributed by atoms with van der Waals surface area (Å²) in [5, 5.41) is 1.49. The Kier molecular flexibility index (Phi) is 4.97. The maximum absolute atomic E-state index is 12.8. The van der Waals surface area contributed by atoms with Crippen molar-refractivity contribution < 1.29 is 14.1 Å². The monoisotopic (exact) mass is 383 g/mol. The van der Waals surface area contributed by atoms with Gasteiger partial charge in [-0.15, -0.1) is 0 Å². The van der Waals surface area contributed by atoms with E-state index in [0.29, 0.717) is 18.7 Å². The second-order valence-corrected chi connectivity index (χ2v) is 7.27. The first-order chi connectivity index (χ1) is 13.1. The molecule has 0 unspecified atom stereocenters. The fourth-order valence-electron chi connectivity index (χ4n) is 3.52. The molecule has 1 N–H and O–H groups in total. The third-order valence-electron chi connectivity index (χ3n) is 4.97. The van der Waals surface area contributed by atoms with Crippen molar-refractivity contribution in [1.82, 2.24) is 4.90 Å². The van der Waals surface area contributed by atoms with Gasteiger partial charge >= 0.3 is 5.63 Å². The quantitative estimate of drug-likeness (QED) is 0.704. The maximum Gasteiger partial charge on any atom is 0.349 e. The van der Waals surface area contributed by atoms with E-state index >= 15 is 0 Å². The van der Waals surface area contributed by atoms with Crippen molar-refractivity contribution >= 4 is 28.5 Å². The van der Waals surface area contributed by atoms with E-state index in [1.165, 1.54) is 10.5 Å². The summed E-state index contributed by atoms with van der Waals surface area (Å²) in [6.07, 6.45) is 0. The number of para-hydroxylation sites is 1. The van der Waals surface area contributed by atoms with Crippen LogP contribution in [0.4, 0.5) is 0 Å². The molecule has 2 aromatic carbocycles. The Morgan fingerprint density at radius 1 is 1.07 bits per heavy atom. The Bertz CT molecular complexity index is 1040. The smallest absolute Gasteiger partial charge is 0.349 e. The highest BCUT2D eigenvalue weighted by Gasteiger charge is 2.26. The van der Waals surface area contributed by atoms with Crippen LogP contribution in [-0.2, 0) is 6.54 Å². The van der Waals surface area contributed by atoms with Crippen LogP contribution in [0.5, 0.6) is 0 Å². The summed E-state index contributed by atoms with van der Waals surface area (Å²) in [5.74, 6) is -0.253. The normalized spacial score (nSPS) is 15.2. The summed E-state index contributed by atoms with van der Waals surface area (Å²) in [7, 11) is 0. The van der Waals surface area contributed by atoms with Crippen molar-refractivity contribution in [3.05, 3.63) is 81.2 Å². The molecule has 2 heterocycles. The van der Waals surface area contributed by atoms with Gasteiger partial charge in [0.05, 0.1) is 26.2 Å². The number of hydrogen-bond donors (Lipinski definition) is 1. The minimum Gasteiger partial charge on any atom is -0.422 e. The van der Waals surface area contributed by atoms with Crippen LogP contribution in [0.15, 0.2) is 63.8 Å². The van der Waals surface area contributed by atoms with Crippen LogP contribution >= 0.6 is 11.6 Å². The molecule has 1 aliphatic rings. The Morgan fingerprint density at radius 2 is 1.85 bits per heavy atom. The summed E-state index contributed by atoms with van der Waals surface area (Å²) in [5.41, 5.74) is 1.21. The molecular formula is C21H20ClN2O3+. The number of halogens is 1. The van der Waals surface area contributed by atoms with E-state index < -0.39 is 5.63 Å². The van der Waals surface area contributed by atoms with Crippen LogP contribution in [0.25, 0.3) is 11.0 Å².